The van der Waals surface area contributed by atoms with Gasteiger partial charge in [-0.3, -0.25) is 4.90 Å². The highest BCUT2D eigenvalue weighted by molar-refractivity contribution is 5.90. The monoisotopic (exact) mass is 395 g/mol. The van der Waals surface area contributed by atoms with E-state index in [4.69, 9.17) is 18.9 Å². The number of hydrogen-bond acceptors (Lipinski definition) is 7. The fourth-order valence-electron chi connectivity index (χ4n) is 3.42. The molecule has 2 aliphatic rings. The van der Waals surface area contributed by atoms with Gasteiger partial charge in [0, 0.05) is 19.6 Å². The Kier molecular flexibility index (Phi) is 6.85. The summed E-state index contributed by atoms with van der Waals surface area (Å²) in [4.78, 5) is 26.4. The van der Waals surface area contributed by atoms with Crippen LogP contribution in [0.2, 0.25) is 0 Å². The summed E-state index contributed by atoms with van der Waals surface area (Å²) in [5.74, 6) is -1.71. The maximum absolute atomic E-state index is 14.0. The number of nitrogens with zero attached hydrogens (tertiary/aromatic N) is 1. The van der Waals surface area contributed by atoms with Crippen LogP contribution in [0, 0.1) is 5.82 Å². The summed E-state index contributed by atoms with van der Waals surface area (Å²) in [7, 11) is 0. The van der Waals surface area contributed by atoms with Crippen LogP contribution in [0.4, 0.5) is 9.18 Å². The summed E-state index contributed by atoms with van der Waals surface area (Å²) in [5.41, 5.74) is -0.470. The molecule has 154 valence electrons. The minimum atomic E-state index is -0.971. The molecule has 1 saturated carbocycles. The number of carbonyl (C=O) groups excluding carboxylic acids is 2. The molecule has 0 N–H and O–H groups in total. The van der Waals surface area contributed by atoms with Crippen LogP contribution in [0.25, 0.3) is 0 Å². The second-order valence-electron chi connectivity index (χ2n) is 7.35. The van der Waals surface area contributed by atoms with Crippen molar-refractivity contribution >= 4 is 12.1 Å². The van der Waals surface area contributed by atoms with Crippen LogP contribution in [-0.4, -0.2) is 62.1 Å². The van der Waals surface area contributed by atoms with Gasteiger partial charge in [0.25, 0.3) is 0 Å². The van der Waals surface area contributed by atoms with Crippen molar-refractivity contribution in [3.05, 3.63) is 29.6 Å². The highest BCUT2D eigenvalue weighted by atomic mass is 19.1. The van der Waals surface area contributed by atoms with Crippen LogP contribution in [0.5, 0.6) is 5.75 Å². The Bertz CT molecular complexity index is 698. The number of hydrogen-bond donors (Lipinski definition) is 0. The van der Waals surface area contributed by atoms with E-state index in [0.717, 1.165) is 50.9 Å². The zero-order chi connectivity index (χ0) is 20.0. The first-order valence-electron chi connectivity index (χ1n) is 9.63. The van der Waals surface area contributed by atoms with E-state index in [1.807, 2.05) is 6.92 Å². The number of rotatable bonds is 6. The fraction of sp³-hybridized carbons (Fsp3) is 0.600. The average Bonchev–Trinajstić information content (AvgIpc) is 3.10. The number of ether oxygens (including phenoxy) is 4. The standard InChI is InChI=1S/C20H26FNO6/c1-20(6-2-3-7-20)28-19(24)27-17-14-15(4-5-16(17)21)18(23)26-13-10-22-8-11-25-12-9-22/h4-5,14H,2-3,6-13H2,1H3. The van der Waals surface area contributed by atoms with E-state index < -0.39 is 23.5 Å². The lowest BCUT2D eigenvalue weighted by atomic mass is 10.1. The Labute approximate surface area is 163 Å². The molecule has 0 aromatic heterocycles. The van der Waals surface area contributed by atoms with Gasteiger partial charge in [0.15, 0.2) is 11.6 Å². The molecular formula is C20H26FNO6. The Morgan fingerprint density at radius 2 is 1.93 bits per heavy atom. The molecule has 8 heteroatoms. The lowest BCUT2D eigenvalue weighted by molar-refractivity contribution is 0.00123. The highest BCUT2D eigenvalue weighted by Gasteiger charge is 2.33. The summed E-state index contributed by atoms with van der Waals surface area (Å²) in [6, 6.07) is 3.52. The molecule has 2 fully saturated rings. The Hall–Kier alpha value is -2.19. The predicted octanol–water partition coefficient (Wildman–Crippen LogP) is 3.16. The van der Waals surface area contributed by atoms with Crippen LogP contribution in [0.3, 0.4) is 0 Å². The van der Waals surface area contributed by atoms with Crippen molar-refractivity contribution in [1.29, 1.82) is 0 Å². The first kappa shape index (κ1) is 20.5. The van der Waals surface area contributed by atoms with Crippen molar-refractivity contribution in [1.82, 2.24) is 4.90 Å². The van der Waals surface area contributed by atoms with Gasteiger partial charge in [0.2, 0.25) is 0 Å². The van der Waals surface area contributed by atoms with Crippen molar-refractivity contribution in [3.8, 4) is 5.75 Å². The molecule has 0 radical (unpaired) electrons. The SMILES string of the molecule is CC1(OC(=O)Oc2cc(C(=O)OCCN3CCOCC3)ccc2F)CCCC1. The van der Waals surface area contributed by atoms with Gasteiger partial charge in [-0.25, -0.2) is 14.0 Å². The van der Waals surface area contributed by atoms with E-state index in [1.54, 1.807) is 0 Å². The molecule has 0 spiro atoms. The quantitative estimate of drug-likeness (QED) is 0.541. The van der Waals surface area contributed by atoms with Crippen LogP contribution in [0.15, 0.2) is 18.2 Å². The lowest BCUT2D eigenvalue weighted by Gasteiger charge is -2.26. The van der Waals surface area contributed by atoms with Crippen LogP contribution in [0.1, 0.15) is 43.0 Å². The molecule has 0 unspecified atom stereocenters. The zero-order valence-corrected chi connectivity index (χ0v) is 16.1. The smallest absolute Gasteiger partial charge is 0.461 e. The molecule has 7 nitrogen and oxygen atoms in total. The number of benzene rings is 1. The van der Waals surface area contributed by atoms with Gasteiger partial charge in [0.05, 0.1) is 18.8 Å². The molecular weight excluding hydrogens is 369 g/mol. The first-order valence-corrected chi connectivity index (χ1v) is 9.63. The maximum Gasteiger partial charge on any atom is 0.514 e. The summed E-state index contributed by atoms with van der Waals surface area (Å²) in [5, 5.41) is 0. The largest absolute Gasteiger partial charge is 0.514 e. The van der Waals surface area contributed by atoms with Gasteiger partial charge in [-0.15, -0.1) is 0 Å². The van der Waals surface area contributed by atoms with Crippen LogP contribution >= 0.6 is 0 Å². The third kappa shape index (κ3) is 5.65. The molecule has 1 aliphatic carbocycles. The van der Waals surface area contributed by atoms with E-state index in [9.17, 15) is 14.0 Å². The summed E-state index contributed by atoms with van der Waals surface area (Å²) in [6.07, 6.45) is 2.48. The van der Waals surface area contributed by atoms with Gasteiger partial charge in [-0.2, -0.15) is 0 Å². The molecule has 1 saturated heterocycles. The number of morpholine rings is 1. The van der Waals surface area contributed by atoms with Gasteiger partial charge in [0.1, 0.15) is 12.2 Å². The molecule has 0 atom stereocenters. The molecule has 3 rings (SSSR count). The van der Waals surface area contributed by atoms with E-state index >= 15 is 0 Å². The minimum Gasteiger partial charge on any atom is -0.461 e. The molecule has 0 bridgehead atoms. The van der Waals surface area contributed by atoms with Crippen LogP contribution < -0.4 is 4.74 Å². The Morgan fingerprint density at radius 1 is 1.21 bits per heavy atom. The van der Waals surface area contributed by atoms with Crippen molar-refractivity contribution in [2.45, 2.75) is 38.2 Å². The normalized spacial score (nSPS) is 19.2. The van der Waals surface area contributed by atoms with E-state index in [2.05, 4.69) is 4.90 Å². The second-order valence-corrected chi connectivity index (χ2v) is 7.35. The third-order valence-electron chi connectivity index (χ3n) is 5.10. The molecule has 28 heavy (non-hydrogen) atoms. The Balaban J connectivity index is 1.52. The van der Waals surface area contributed by atoms with E-state index in [-0.39, 0.29) is 17.9 Å². The lowest BCUT2D eigenvalue weighted by Crippen LogP contribution is -2.38. The first-order chi connectivity index (χ1) is 13.5. The number of halogens is 1. The molecule has 0 amide bonds. The minimum absolute atomic E-state index is 0.109. The van der Waals surface area contributed by atoms with Gasteiger partial charge in [-0.1, -0.05) is 0 Å². The molecule has 1 aromatic rings. The van der Waals surface area contributed by atoms with Crippen molar-refractivity contribution in [2.24, 2.45) is 0 Å². The van der Waals surface area contributed by atoms with Crippen molar-refractivity contribution in [3.63, 3.8) is 0 Å². The third-order valence-corrected chi connectivity index (χ3v) is 5.10. The molecule has 1 aliphatic heterocycles. The van der Waals surface area contributed by atoms with E-state index in [1.165, 1.54) is 6.07 Å². The second kappa shape index (κ2) is 9.34. The Morgan fingerprint density at radius 3 is 2.64 bits per heavy atom. The summed E-state index contributed by atoms with van der Waals surface area (Å²) in [6.45, 7) is 5.58. The summed E-state index contributed by atoms with van der Waals surface area (Å²) >= 11 is 0. The number of esters is 1. The topological polar surface area (TPSA) is 74.3 Å². The van der Waals surface area contributed by atoms with Gasteiger partial charge < -0.3 is 18.9 Å². The molecule has 1 aromatic carbocycles. The van der Waals surface area contributed by atoms with Crippen molar-refractivity contribution < 1.29 is 32.9 Å². The van der Waals surface area contributed by atoms with Crippen LogP contribution in [-0.2, 0) is 14.2 Å². The average molecular weight is 395 g/mol. The van der Waals surface area contributed by atoms with Gasteiger partial charge in [-0.05, 0) is 50.8 Å². The maximum atomic E-state index is 14.0. The highest BCUT2D eigenvalue weighted by Crippen LogP contribution is 2.33. The van der Waals surface area contributed by atoms with Gasteiger partial charge >= 0.3 is 12.1 Å². The summed E-state index contributed by atoms with van der Waals surface area (Å²) < 4.78 is 34.8. The van der Waals surface area contributed by atoms with E-state index in [0.29, 0.717) is 19.8 Å². The number of carbonyl (C=O) groups is 2. The fourth-order valence-corrected chi connectivity index (χ4v) is 3.42. The zero-order valence-electron chi connectivity index (χ0n) is 16.1. The molecule has 1 heterocycles. The predicted molar refractivity (Wildman–Crippen MR) is 97.9 cm³/mol. The van der Waals surface area contributed by atoms with Crippen molar-refractivity contribution in [2.75, 3.05) is 39.5 Å².